The molecule has 6 unspecified atom stereocenters. The van der Waals surface area contributed by atoms with Gasteiger partial charge in [-0.1, -0.05) is 207 Å². The van der Waals surface area contributed by atoms with E-state index in [0.717, 1.165) is 154 Å². The predicted molar refractivity (Wildman–Crippen MR) is 321 cm³/mol. The Morgan fingerprint density at radius 2 is 0.797 bits per heavy atom. The van der Waals surface area contributed by atoms with E-state index in [9.17, 15) is 34.5 Å². The predicted octanol–water partition coefficient (Wildman–Crippen LogP) is 16.2. The fourth-order valence-electron chi connectivity index (χ4n) is 8.64. The van der Waals surface area contributed by atoms with E-state index in [4.69, 9.17) is 23.7 Å². The van der Waals surface area contributed by atoms with E-state index in [2.05, 4.69) is 130 Å². The van der Waals surface area contributed by atoms with Crippen LogP contribution in [0.1, 0.15) is 239 Å². The number of aliphatic hydroxyl groups is 2. The second-order valence-electron chi connectivity index (χ2n) is 20.6. The fraction of sp³-hybridized carbons (Fsp3) is 0.672. The van der Waals surface area contributed by atoms with Crippen molar-refractivity contribution < 1.29 is 58.2 Å². The molecular weight excluding hydrogens is 997 g/mol. The second kappa shape index (κ2) is 54.0. The first kappa shape index (κ1) is 72.4. The second-order valence-corrected chi connectivity index (χ2v) is 20.6. The maximum absolute atomic E-state index is 13.2. The fourth-order valence-corrected chi connectivity index (χ4v) is 8.64. The summed E-state index contributed by atoms with van der Waals surface area (Å²) in [6.07, 6.45) is 60.5. The molecule has 1 heterocycles. The molecule has 0 aliphatic carbocycles. The van der Waals surface area contributed by atoms with E-state index >= 15 is 0 Å². The molecule has 1 aliphatic heterocycles. The van der Waals surface area contributed by atoms with Crippen molar-refractivity contribution in [1.82, 2.24) is 0 Å². The lowest BCUT2D eigenvalue weighted by molar-refractivity contribution is -0.301. The largest absolute Gasteiger partial charge is 0.479 e. The topological polar surface area (TPSA) is 175 Å². The SMILES string of the molecule is CC/C=C\C/C=C\C/C=C\C/C=C\CCCCCCCCC(=O)OCC(COC1OC(C(=O)O)C(O)C(O)C1OC(=O)CCCCCCC/C=C\CCCCCC)OC(=O)CCCCCC/C=C\C/C=C\C/C=C\C/C=C\CC. The van der Waals surface area contributed by atoms with Gasteiger partial charge in [0.2, 0.25) is 0 Å². The van der Waals surface area contributed by atoms with Gasteiger partial charge in [-0.2, -0.15) is 0 Å². The van der Waals surface area contributed by atoms with Crippen molar-refractivity contribution in [2.24, 2.45) is 0 Å². The van der Waals surface area contributed by atoms with Crippen LogP contribution in [-0.4, -0.2) is 89.2 Å². The van der Waals surface area contributed by atoms with Gasteiger partial charge in [0.25, 0.3) is 0 Å². The average Bonchev–Trinajstić information content (AvgIpc) is 3.44. The Bertz CT molecular complexity index is 1790. The normalized spacial score (nSPS) is 18.6. The van der Waals surface area contributed by atoms with Gasteiger partial charge in [0.05, 0.1) is 6.61 Å². The third-order valence-electron chi connectivity index (χ3n) is 13.3. The van der Waals surface area contributed by atoms with Crippen molar-refractivity contribution in [2.45, 2.75) is 276 Å². The van der Waals surface area contributed by atoms with Crippen molar-refractivity contribution in [3.05, 3.63) is 109 Å². The number of hydrogen-bond donors (Lipinski definition) is 3. The Morgan fingerprint density at radius 3 is 1.23 bits per heavy atom. The molecule has 6 atom stereocenters. The van der Waals surface area contributed by atoms with Crippen LogP contribution >= 0.6 is 0 Å². The van der Waals surface area contributed by atoms with Crippen LogP contribution in [0, 0.1) is 0 Å². The highest BCUT2D eigenvalue weighted by Gasteiger charge is 2.50. The summed E-state index contributed by atoms with van der Waals surface area (Å²) >= 11 is 0. The van der Waals surface area contributed by atoms with Crippen molar-refractivity contribution in [1.29, 1.82) is 0 Å². The maximum Gasteiger partial charge on any atom is 0.335 e. The Kier molecular flexibility index (Phi) is 49.5. The van der Waals surface area contributed by atoms with Gasteiger partial charge >= 0.3 is 23.9 Å². The van der Waals surface area contributed by atoms with Gasteiger partial charge in [-0.25, -0.2) is 4.79 Å². The molecule has 0 spiro atoms. The monoisotopic (exact) mass is 1100 g/mol. The van der Waals surface area contributed by atoms with E-state index < -0.39 is 67.3 Å². The van der Waals surface area contributed by atoms with Crippen LogP contribution in [0.4, 0.5) is 0 Å². The van der Waals surface area contributed by atoms with E-state index in [-0.39, 0.29) is 25.9 Å². The molecule has 0 amide bonds. The maximum atomic E-state index is 13.2. The standard InChI is InChI=1S/C67H108O12/c1-4-7-10-13-16-19-22-25-27-29-30-32-33-36-38-41-44-47-50-53-59(68)75-56-58(77-60(69)54-51-48-45-42-40-37-34-31-28-26-23-20-17-14-11-8-5-2)57-76-67-65(63(72)62(71)64(79-67)66(73)74)78-61(70)55-52-49-46-43-39-35-24-21-18-15-12-9-6-3/h7-8,10-11,16-17,19-21,24-28,30,32,34,37,58,62-65,67,71-72H,4-6,9,12-15,18,22-23,29,31,33,35-36,38-57H2,1-3H3,(H,73,74)/b10-7-,11-8-,19-16-,20-17-,24-21-,27-25-,28-26-,32-30-,37-34-. The van der Waals surface area contributed by atoms with Gasteiger partial charge in [-0.3, -0.25) is 14.4 Å². The molecule has 1 rings (SSSR count). The minimum Gasteiger partial charge on any atom is -0.479 e. The molecule has 448 valence electrons. The number of carboxylic acid groups (broad SMARTS) is 1. The van der Waals surface area contributed by atoms with Crippen LogP contribution in [0.3, 0.4) is 0 Å². The van der Waals surface area contributed by atoms with Crippen molar-refractivity contribution >= 4 is 23.9 Å². The number of hydrogen-bond acceptors (Lipinski definition) is 11. The van der Waals surface area contributed by atoms with Gasteiger partial charge in [0.1, 0.15) is 18.8 Å². The highest BCUT2D eigenvalue weighted by atomic mass is 16.7. The van der Waals surface area contributed by atoms with Crippen molar-refractivity contribution in [3.8, 4) is 0 Å². The molecule has 3 N–H and O–H groups in total. The quantitative estimate of drug-likeness (QED) is 0.0228. The van der Waals surface area contributed by atoms with Crippen LogP contribution in [0.5, 0.6) is 0 Å². The summed E-state index contributed by atoms with van der Waals surface area (Å²) in [6.45, 7) is 5.71. The summed E-state index contributed by atoms with van der Waals surface area (Å²) < 4.78 is 28.4. The Labute approximate surface area is 478 Å². The highest BCUT2D eigenvalue weighted by molar-refractivity contribution is 5.74. The van der Waals surface area contributed by atoms with Gasteiger partial charge in [-0.05, 0) is 122 Å². The molecule has 12 nitrogen and oxygen atoms in total. The molecule has 0 radical (unpaired) electrons. The van der Waals surface area contributed by atoms with Crippen molar-refractivity contribution in [3.63, 3.8) is 0 Å². The summed E-state index contributed by atoms with van der Waals surface area (Å²) in [5.74, 6) is -3.19. The zero-order valence-electron chi connectivity index (χ0n) is 49.3. The average molecular weight is 1110 g/mol. The number of carboxylic acids is 1. The number of ether oxygens (including phenoxy) is 5. The molecule has 79 heavy (non-hydrogen) atoms. The van der Waals surface area contributed by atoms with Crippen molar-refractivity contribution in [2.75, 3.05) is 13.2 Å². The minimum absolute atomic E-state index is 0.0410. The molecule has 0 saturated carbocycles. The highest BCUT2D eigenvalue weighted by Crippen LogP contribution is 2.26. The van der Waals surface area contributed by atoms with Gasteiger partial charge < -0.3 is 39.0 Å². The number of carbonyl (C=O) groups excluding carboxylic acids is 3. The number of allylic oxidation sites excluding steroid dienone is 18. The number of aliphatic hydroxyl groups excluding tert-OH is 2. The van der Waals surface area contributed by atoms with E-state index in [0.29, 0.717) is 19.3 Å². The van der Waals surface area contributed by atoms with E-state index in [1.807, 2.05) is 0 Å². The number of aliphatic carboxylic acids is 1. The first-order chi connectivity index (χ1) is 38.6. The number of esters is 3. The number of carbonyl (C=O) groups is 4. The summed E-state index contributed by atoms with van der Waals surface area (Å²) in [5, 5.41) is 31.5. The first-order valence-electron chi connectivity index (χ1n) is 30.9. The summed E-state index contributed by atoms with van der Waals surface area (Å²) in [4.78, 5) is 51.2. The van der Waals surface area contributed by atoms with Gasteiger partial charge in [-0.15, -0.1) is 0 Å². The molecule has 0 aromatic heterocycles. The molecule has 12 heteroatoms. The van der Waals surface area contributed by atoms with E-state index in [1.165, 1.54) is 25.7 Å². The van der Waals surface area contributed by atoms with E-state index in [1.54, 1.807) is 0 Å². The van der Waals surface area contributed by atoms with Gasteiger partial charge in [0, 0.05) is 19.3 Å². The lowest BCUT2D eigenvalue weighted by Gasteiger charge is -2.40. The van der Waals surface area contributed by atoms with Crippen LogP contribution in [0.15, 0.2) is 109 Å². The zero-order chi connectivity index (χ0) is 57.5. The molecule has 1 saturated heterocycles. The Morgan fingerprint density at radius 1 is 0.430 bits per heavy atom. The third-order valence-corrected chi connectivity index (χ3v) is 13.3. The molecule has 1 aliphatic rings. The molecular formula is C67H108O12. The molecule has 1 fully saturated rings. The van der Waals surface area contributed by atoms with Crippen LogP contribution in [-0.2, 0) is 42.9 Å². The molecule has 0 aromatic rings. The summed E-state index contributed by atoms with van der Waals surface area (Å²) in [7, 11) is 0. The van der Waals surface area contributed by atoms with Crippen LogP contribution in [0.25, 0.3) is 0 Å². The Balaban J connectivity index is 2.71. The third kappa shape index (κ3) is 43.8. The first-order valence-corrected chi connectivity index (χ1v) is 30.9. The minimum atomic E-state index is -1.92. The number of rotatable bonds is 51. The summed E-state index contributed by atoms with van der Waals surface area (Å²) in [6, 6.07) is 0. The lowest BCUT2D eigenvalue weighted by atomic mass is 9.98. The smallest absolute Gasteiger partial charge is 0.335 e. The van der Waals surface area contributed by atoms with Crippen LogP contribution in [0.2, 0.25) is 0 Å². The summed E-state index contributed by atoms with van der Waals surface area (Å²) in [5.41, 5.74) is 0. The number of unbranched alkanes of at least 4 members (excludes halogenated alkanes) is 19. The Hall–Kier alpha value is -4.62. The molecule has 0 aromatic carbocycles. The zero-order valence-corrected chi connectivity index (χ0v) is 49.3. The lowest BCUT2D eigenvalue weighted by Crippen LogP contribution is -2.61. The van der Waals surface area contributed by atoms with Crippen LogP contribution < -0.4 is 0 Å². The molecule has 0 bridgehead atoms. The van der Waals surface area contributed by atoms with Gasteiger partial charge in [0.15, 0.2) is 24.6 Å².